The Morgan fingerprint density at radius 2 is 1.84 bits per heavy atom. The predicted octanol–water partition coefficient (Wildman–Crippen LogP) is 2.02. The Balaban J connectivity index is 1.72. The summed E-state index contributed by atoms with van der Waals surface area (Å²) >= 11 is 0. The highest BCUT2D eigenvalue weighted by atomic mass is 32.2. The van der Waals surface area contributed by atoms with Gasteiger partial charge in [0.1, 0.15) is 6.54 Å². The topological polar surface area (TPSA) is 84.9 Å². The SMILES string of the molecule is CS(=O)(=O)N(CC(=O)NC1CCCCCC1)c1ccc2c(c1)OCO2. The molecule has 0 aromatic heterocycles. The van der Waals surface area contributed by atoms with Crippen LogP contribution >= 0.6 is 0 Å². The van der Waals surface area contributed by atoms with Crippen LogP contribution in [-0.2, 0) is 14.8 Å². The molecule has 0 atom stereocenters. The molecule has 2 aliphatic rings. The quantitative estimate of drug-likeness (QED) is 0.804. The Bertz CT molecular complexity index is 727. The highest BCUT2D eigenvalue weighted by Crippen LogP contribution is 2.36. The van der Waals surface area contributed by atoms with Crippen LogP contribution in [0.2, 0.25) is 0 Å². The summed E-state index contributed by atoms with van der Waals surface area (Å²) in [5, 5.41) is 2.98. The van der Waals surface area contributed by atoms with Crippen molar-refractivity contribution in [1.29, 1.82) is 0 Å². The lowest BCUT2D eigenvalue weighted by atomic mass is 10.1. The number of nitrogens with zero attached hydrogens (tertiary/aromatic N) is 1. The average Bonchev–Trinajstić information content (AvgIpc) is 2.87. The van der Waals surface area contributed by atoms with Gasteiger partial charge in [0.2, 0.25) is 22.7 Å². The lowest BCUT2D eigenvalue weighted by Crippen LogP contribution is -2.44. The summed E-state index contributed by atoms with van der Waals surface area (Å²) in [6.07, 6.45) is 7.59. The fraction of sp³-hybridized carbons (Fsp3) is 0.588. The number of carbonyl (C=O) groups excluding carboxylic acids is 1. The molecule has 3 rings (SSSR count). The minimum Gasteiger partial charge on any atom is -0.454 e. The van der Waals surface area contributed by atoms with Crippen molar-refractivity contribution in [1.82, 2.24) is 5.32 Å². The highest BCUT2D eigenvalue weighted by Gasteiger charge is 2.25. The van der Waals surface area contributed by atoms with Crippen LogP contribution in [0, 0.1) is 0 Å². The Morgan fingerprint density at radius 3 is 2.52 bits per heavy atom. The number of hydrogen-bond donors (Lipinski definition) is 1. The van der Waals surface area contributed by atoms with Gasteiger partial charge >= 0.3 is 0 Å². The largest absolute Gasteiger partial charge is 0.454 e. The van der Waals surface area contributed by atoms with Gasteiger partial charge in [0.05, 0.1) is 11.9 Å². The summed E-state index contributed by atoms with van der Waals surface area (Å²) in [6, 6.07) is 4.99. The summed E-state index contributed by atoms with van der Waals surface area (Å²) < 4.78 is 36.0. The molecular formula is C17H24N2O5S. The van der Waals surface area contributed by atoms with E-state index in [4.69, 9.17) is 9.47 Å². The standard InChI is InChI=1S/C17H24N2O5S/c1-25(21,22)19(14-8-9-15-16(10-14)24-12-23-15)11-17(20)18-13-6-4-2-3-5-7-13/h8-10,13H,2-7,11-12H2,1H3,(H,18,20). The van der Waals surface area contributed by atoms with Crippen molar-refractivity contribution >= 4 is 21.6 Å². The van der Waals surface area contributed by atoms with Crippen LogP contribution in [0.3, 0.4) is 0 Å². The minimum absolute atomic E-state index is 0.111. The van der Waals surface area contributed by atoms with Gasteiger partial charge in [-0.1, -0.05) is 25.7 Å². The zero-order valence-corrected chi connectivity index (χ0v) is 15.2. The van der Waals surface area contributed by atoms with Crippen LogP contribution < -0.4 is 19.1 Å². The van der Waals surface area contributed by atoms with Gasteiger partial charge in [-0.05, 0) is 25.0 Å². The molecule has 25 heavy (non-hydrogen) atoms. The van der Waals surface area contributed by atoms with E-state index >= 15 is 0 Å². The van der Waals surface area contributed by atoms with Crippen molar-refractivity contribution in [3.8, 4) is 11.5 Å². The second-order valence-electron chi connectivity index (χ2n) is 6.56. The van der Waals surface area contributed by atoms with Crippen LogP contribution in [-0.4, -0.2) is 40.0 Å². The maximum atomic E-state index is 12.4. The molecule has 138 valence electrons. The molecule has 1 N–H and O–H groups in total. The van der Waals surface area contributed by atoms with Crippen molar-refractivity contribution in [3.05, 3.63) is 18.2 Å². The summed E-state index contributed by atoms with van der Waals surface area (Å²) in [5.41, 5.74) is 0.391. The molecule has 8 heteroatoms. The third-order valence-corrected chi connectivity index (χ3v) is 5.69. The number of nitrogens with one attached hydrogen (secondary N) is 1. The first-order valence-electron chi connectivity index (χ1n) is 8.60. The maximum absolute atomic E-state index is 12.4. The monoisotopic (exact) mass is 368 g/mol. The lowest BCUT2D eigenvalue weighted by molar-refractivity contribution is -0.120. The molecule has 0 unspecified atom stereocenters. The second kappa shape index (κ2) is 7.51. The zero-order chi connectivity index (χ0) is 17.9. The molecule has 0 radical (unpaired) electrons. The number of anilines is 1. The summed E-state index contributed by atoms with van der Waals surface area (Å²) in [7, 11) is -3.60. The third kappa shape index (κ3) is 4.56. The van der Waals surface area contributed by atoms with Crippen molar-refractivity contribution in [2.75, 3.05) is 23.9 Å². The molecule has 0 saturated heterocycles. The van der Waals surface area contributed by atoms with Gasteiger partial charge in [0.15, 0.2) is 11.5 Å². The van der Waals surface area contributed by atoms with Gasteiger partial charge in [0, 0.05) is 12.1 Å². The molecule has 1 amide bonds. The van der Waals surface area contributed by atoms with Crippen molar-refractivity contribution < 1.29 is 22.7 Å². The fourth-order valence-corrected chi connectivity index (χ4v) is 4.12. The first-order valence-corrected chi connectivity index (χ1v) is 10.4. The molecular weight excluding hydrogens is 344 g/mol. The van der Waals surface area contributed by atoms with E-state index in [1.54, 1.807) is 18.2 Å². The third-order valence-electron chi connectivity index (χ3n) is 4.55. The van der Waals surface area contributed by atoms with Gasteiger partial charge in [-0.25, -0.2) is 8.42 Å². The van der Waals surface area contributed by atoms with Crippen LogP contribution in [0.15, 0.2) is 18.2 Å². The van der Waals surface area contributed by atoms with E-state index in [1.165, 1.54) is 12.8 Å². The van der Waals surface area contributed by atoms with Crippen LogP contribution in [0.5, 0.6) is 11.5 Å². The summed E-state index contributed by atoms with van der Waals surface area (Å²) in [4.78, 5) is 12.4. The number of rotatable bonds is 5. The molecule has 1 aromatic carbocycles. The first-order chi connectivity index (χ1) is 11.9. The number of hydrogen-bond acceptors (Lipinski definition) is 5. The highest BCUT2D eigenvalue weighted by molar-refractivity contribution is 7.92. The van der Waals surface area contributed by atoms with Crippen LogP contribution in [0.1, 0.15) is 38.5 Å². The van der Waals surface area contributed by atoms with E-state index in [1.807, 2.05) is 0 Å². The van der Waals surface area contributed by atoms with Crippen molar-refractivity contribution in [3.63, 3.8) is 0 Å². The van der Waals surface area contributed by atoms with Gasteiger partial charge in [-0.15, -0.1) is 0 Å². The molecule has 1 saturated carbocycles. The Labute approximate surface area is 148 Å². The lowest BCUT2D eigenvalue weighted by Gasteiger charge is -2.24. The zero-order valence-electron chi connectivity index (χ0n) is 14.4. The summed E-state index contributed by atoms with van der Waals surface area (Å²) in [6.45, 7) is -0.130. The average molecular weight is 368 g/mol. The molecule has 1 aliphatic carbocycles. The number of carbonyl (C=O) groups is 1. The van der Waals surface area contributed by atoms with E-state index in [0.717, 1.165) is 36.2 Å². The van der Waals surface area contributed by atoms with E-state index < -0.39 is 10.0 Å². The first kappa shape index (κ1) is 17.8. The molecule has 1 heterocycles. The molecule has 1 aromatic rings. The van der Waals surface area contributed by atoms with E-state index in [0.29, 0.717) is 17.2 Å². The number of sulfonamides is 1. The van der Waals surface area contributed by atoms with Gasteiger partial charge in [0.25, 0.3) is 0 Å². The molecule has 1 fully saturated rings. The fourth-order valence-electron chi connectivity index (χ4n) is 3.27. The maximum Gasteiger partial charge on any atom is 0.240 e. The van der Waals surface area contributed by atoms with Gasteiger partial charge in [-0.3, -0.25) is 9.10 Å². The van der Waals surface area contributed by atoms with Gasteiger partial charge < -0.3 is 14.8 Å². The minimum atomic E-state index is -3.60. The second-order valence-corrected chi connectivity index (χ2v) is 8.47. The molecule has 7 nitrogen and oxygen atoms in total. The van der Waals surface area contributed by atoms with E-state index in [-0.39, 0.29) is 25.3 Å². The summed E-state index contributed by atoms with van der Waals surface area (Å²) in [5.74, 6) is 0.769. The van der Waals surface area contributed by atoms with Crippen LogP contribution in [0.25, 0.3) is 0 Å². The number of ether oxygens (including phenoxy) is 2. The van der Waals surface area contributed by atoms with E-state index in [2.05, 4.69) is 5.32 Å². The van der Waals surface area contributed by atoms with E-state index in [9.17, 15) is 13.2 Å². The Hall–Kier alpha value is -1.96. The van der Waals surface area contributed by atoms with Crippen molar-refractivity contribution in [2.24, 2.45) is 0 Å². The Morgan fingerprint density at radius 1 is 1.16 bits per heavy atom. The molecule has 0 spiro atoms. The smallest absolute Gasteiger partial charge is 0.240 e. The Kier molecular flexibility index (Phi) is 5.36. The molecule has 0 bridgehead atoms. The predicted molar refractivity (Wildman–Crippen MR) is 94.4 cm³/mol. The van der Waals surface area contributed by atoms with Crippen LogP contribution in [0.4, 0.5) is 5.69 Å². The number of amides is 1. The number of benzene rings is 1. The molecule has 1 aliphatic heterocycles. The van der Waals surface area contributed by atoms with Crippen molar-refractivity contribution in [2.45, 2.75) is 44.6 Å². The van der Waals surface area contributed by atoms with Gasteiger partial charge in [-0.2, -0.15) is 0 Å². The normalized spacial score (nSPS) is 17.8. The number of fused-ring (bicyclic) bond motifs is 1.